The molecule has 0 aromatic carbocycles. The first kappa shape index (κ1) is 30.5. The molecule has 0 bridgehead atoms. The molecule has 0 aromatic heterocycles. The van der Waals surface area contributed by atoms with Gasteiger partial charge in [-0.2, -0.15) is 13.2 Å². The number of rotatable bonds is 11. The highest BCUT2D eigenvalue weighted by molar-refractivity contribution is 6.40. The van der Waals surface area contributed by atoms with Crippen LogP contribution in [0.1, 0.15) is 68.2 Å². The van der Waals surface area contributed by atoms with E-state index >= 15 is 0 Å². The summed E-state index contributed by atoms with van der Waals surface area (Å²) >= 11 is 0. The molecule has 0 aliphatic carbocycles. The van der Waals surface area contributed by atoms with E-state index in [9.17, 15) is 13.2 Å². The summed E-state index contributed by atoms with van der Waals surface area (Å²) in [4.78, 5) is 1.01. The third kappa shape index (κ3) is 8.93. The van der Waals surface area contributed by atoms with Gasteiger partial charge in [-0.3, -0.25) is 5.41 Å². The lowest BCUT2D eigenvalue weighted by molar-refractivity contribution is -0.199. The van der Waals surface area contributed by atoms with Crippen molar-refractivity contribution < 1.29 is 32.0 Å². The van der Waals surface area contributed by atoms with Gasteiger partial charge < -0.3 is 23.8 Å². The number of nitrogens with zero attached hydrogens (tertiary/aromatic N) is 1. The van der Waals surface area contributed by atoms with Gasteiger partial charge in [0.05, 0.1) is 30.2 Å². The molecule has 1 fully saturated rings. The van der Waals surface area contributed by atoms with Crippen molar-refractivity contribution in [3.05, 3.63) is 23.4 Å². The molecule has 1 rings (SSSR count). The number of ether oxygens (including phenoxy) is 3. The van der Waals surface area contributed by atoms with E-state index in [-0.39, 0.29) is 19.0 Å². The Labute approximate surface area is 203 Å². The van der Waals surface area contributed by atoms with Gasteiger partial charge in [-0.25, -0.2) is 0 Å². The Morgan fingerprint density at radius 2 is 1.74 bits per heavy atom. The number of halogens is 3. The average Bonchev–Trinajstić information content (AvgIpc) is 2.70. The van der Waals surface area contributed by atoms with Crippen molar-refractivity contribution in [2.75, 3.05) is 26.9 Å². The summed E-state index contributed by atoms with van der Waals surface area (Å²) in [5, 5.41) is 8.43. The van der Waals surface area contributed by atoms with E-state index < -0.39 is 35.6 Å². The molecule has 1 aliphatic heterocycles. The van der Waals surface area contributed by atoms with Gasteiger partial charge in [-0.15, -0.1) is 0 Å². The van der Waals surface area contributed by atoms with E-state index in [0.717, 1.165) is 17.7 Å². The fourth-order valence-corrected chi connectivity index (χ4v) is 3.47. The zero-order valence-corrected chi connectivity index (χ0v) is 22.1. The van der Waals surface area contributed by atoms with Crippen LogP contribution in [-0.4, -0.2) is 74.1 Å². The molecule has 0 saturated carbocycles. The van der Waals surface area contributed by atoms with E-state index in [1.807, 2.05) is 41.5 Å². The Morgan fingerprint density at radius 3 is 2.26 bits per heavy atom. The number of methoxy groups -OCH3 is 1. The van der Waals surface area contributed by atoms with Crippen LogP contribution in [0.5, 0.6) is 0 Å². The summed E-state index contributed by atoms with van der Waals surface area (Å²) in [6.07, 6.45) is 0.303. The monoisotopic (exact) mass is 489 g/mol. The summed E-state index contributed by atoms with van der Waals surface area (Å²) < 4.78 is 63.2. The van der Waals surface area contributed by atoms with Crippen LogP contribution in [0.4, 0.5) is 13.2 Å². The van der Waals surface area contributed by atoms with Gasteiger partial charge in [0.2, 0.25) is 0 Å². The van der Waals surface area contributed by atoms with Crippen molar-refractivity contribution in [3.8, 4) is 0 Å². The molecule has 1 N–H and O–H groups in total. The topological polar surface area (TPSA) is 64.0 Å². The highest BCUT2D eigenvalue weighted by Gasteiger charge is 2.46. The van der Waals surface area contributed by atoms with Gasteiger partial charge in [-0.05, 0) is 72.5 Å². The Hall–Kier alpha value is -1.52. The molecule has 6 nitrogen and oxygen atoms in total. The van der Waals surface area contributed by atoms with Crippen molar-refractivity contribution in [1.29, 1.82) is 5.41 Å². The molecule has 1 aliphatic rings. The standard InChI is InChI=1S/C24H41BF3N2O4/c1-10-11-21(3,4)33-17(2)14-18(25-34-23(7,8)22(5,6)31-9)15-20(29)30-12-13-32-16-19(30)24(26,27)28/h14-15,19,29H,10-13,16H2,1-9H3/b17-14+,18-15+,29-20?. The highest BCUT2D eigenvalue weighted by Crippen LogP contribution is 2.30. The van der Waals surface area contributed by atoms with Crippen LogP contribution < -0.4 is 0 Å². The molecule has 195 valence electrons. The Balaban J connectivity index is 3.25. The average molecular weight is 489 g/mol. The van der Waals surface area contributed by atoms with Crippen molar-refractivity contribution in [3.63, 3.8) is 0 Å². The Bertz CT molecular complexity index is 749. The Kier molecular flexibility index (Phi) is 10.7. The van der Waals surface area contributed by atoms with E-state index in [4.69, 9.17) is 24.3 Å². The predicted molar refractivity (Wildman–Crippen MR) is 129 cm³/mol. The fourth-order valence-electron chi connectivity index (χ4n) is 3.47. The maximum absolute atomic E-state index is 13.5. The highest BCUT2D eigenvalue weighted by atomic mass is 19.4. The summed E-state index contributed by atoms with van der Waals surface area (Å²) in [6.45, 7) is 14.9. The first-order valence-corrected chi connectivity index (χ1v) is 11.6. The molecule has 0 spiro atoms. The zero-order valence-electron chi connectivity index (χ0n) is 22.1. The molecule has 34 heavy (non-hydrogen) atoms. The van der Waals surface area contributed by atoms with Crippen LogP contribution in [0, 0.1) is 5.41 Å². The smallest absolute Gasteiger partial charge is 0.411 e. The number of hydrogen-bond acceptors (Lipinski definition) is 5. The largest absolute Gasteiger partial charge is 0.493 e. The quantitative estimate of drug-likeness (QED) is 0.138. The van der Waals surface area contributed by atoms with Gasteiger partial charge in [0.15, 0.2) is 0 Å². The van der Waals surface area contributed by atoms with E-state index in [1.165, 1.54) is 13.6 Å². The molecule has 1 radical (unpaired) electrons. The molecule has 1 unspecified atom stereocenters. The molecular weight excluding hydrogens is 448 g/mol. The lowest BCUT2D eigenvalue weighted by atomic mass is 9.81. The number of amidine groups is 1. The minimum absolute atomic E-state index is 0.0292. The predicted octanol–water partition coefficient (Wildman–Crippen LogP) is 5.45. The third-order valence-electron chi connectivity index (χ3n) is 6.23. The summed E-state index contributed by atoms with van der Waals surface area (Å²) in [7, 11) is 3.03. The minimum atomic E-state index is -4.51. The summed E-state index contributed by atoms with van der Waals surface area (Å²) in [6, 6.07) is -1.87. The number of allylic oxidation sites excluding steroid dienone is 3. The molecule has 1 saturated heterocycles. The number of hydrogen-bond donors (Lipinski definition) is 1. The SMILES string of the molecule is CCCC(C)(C)O/C(C)=C/C([B]OC(C)(C)C(C)(C)OC)=C\C(=N)N1CCOCC1C(F)(F)F. The van der Waals surface area contributed by atoms with Crippen LogP contribution in [-0.2, 0) is 18.9 Å². The van der Waals surface area contributed by atoms with Crippen LogP contribution in [0.3, 0.4) is 0 Å². The van der Waals surface area contributed by atoms with E-state index in [1.54, 1.807) is 20.1 Å². The second-order valence-electron chi connectivity index (χ2n) is 10.2. The lowest BCUT2D eigenvalue weighted by Crippen LogP contribution is -2.55. The van der Waals surface area contributed by atoms with Gasteiger partial charge >= 0.3 is 13.7 Å². The second kappa shape index (κ2) is 11.9. The number of nitrogens with one attached hydrogen (secondary N) is 1. The molecule has 1 heterocycles. The normalized spacial score (nSPS) is 19.3. The van der Waals surface area contributed by atoms with E-state index in [0.29, 0.717) is 11.2 Å². The maximum atomic E-state index is 13.5. The third-order valence-corrected chi connectivity index (χ3v) is 6.23. The van der Waals surface area contributed by atoms with Crippen molar-refractivity contribution in [1.82, 2.24) is 4.90 Å². The van der Waals surface area contributed by atoms with Gasteiger partial charge in [-0.1, -0.05) is 13.3 Å². The van der Waals surface area contributed by atoms with Gasteiger partial charge in [0.25, 0.3) is 0 Å². The molecule has 10 heteroatoms. The van der Waals surface area contributed by atoms with Crippen molar-refractivity contribution in [2.45, 2.75) is 97.3 Å². The molecule has 0 aromatic rings. The first-order chi connectivity index (χ1) is 15.5. The molecule has 0 amide bonds. The fraction of sp³-hybridized carbons (Fsp3) is 0.792. The van der Waals surface area contributed by atoms with Crippen LogP contribution >= 0.6 is 0 Å². The minimum Gasteiger partial charge on any atom is -0.493 e. The summed E-state index contributed by atoms with van der Waals surface area (Å²) in [5.74, 6) is 0.289. The molecular formula is C24H41BF3N2O4. The van der Waals surface area contributed by atoms with Crippen LogP contribution in [0.25, 0.3) is 0 Å². The van der Waals surface area contributed by atoms with Gasteiger partial charge in [0.1, 0.15) is 17.5 Å². The lowest BCUT2D eigenvalue weighted by Gasteiger charge is -2.41. The van der Waals surface area contributed by atoms with Crippen LogP contribution in [0.15, 0.2) is 23.4 Å². The molecule has 1 atom stereocenters. The number of alkyl halides is 3. The zero-order chi connectivity index (χ0) is 26.4. The maximum Gasteiger partial charge on any atom is 0.411 e. The van der Waals surface area contributed by atoms with Crippen molar-refractivity contribution >= 4 is 13.3 Å². The summed E-state index contributed by atoms with van der Waals surface area (Å²) in [5.41, 5.74) is -1.41. The first-order valence-electron chi connectivity index (χ1n) is 11.6. The van der Waals surface area contributed by atoms with Gasteiger partial charge in [0, 0.05) is 13.7 Å². The Morgan fingerprint density at radius 1 is 1.12 bits per heavy atom. The number of morpholine rings is 1. The second-order valence-corrected chi connectivity index (χ2v) is 10.2. The van der Waals surface area contributed by atoms with Crippen molar-refractivity contribution in [2.24, 2.45) is 0 Å². The van der Waals surface area contributed by atoms with Crippen LogP contribution in [0.2, 0.25) is 0 Å². The van der Waals surface area contributed by atoms with E-state index in [2.05, 4.69) is 6.92 Å².